The Labute approximate surface area is 123 Å². The van der Waals surface area contributed by atoms with Crippen molar-refractivity contribution in [3.63, 3.8) is 0 Å². The van der Waals surface area contributed by atoms with Gasteiger partial charge < -0.3 is 10.1 Å². The minimum Gasteiger partial charge on any atom is -0.481 e. The fourth-order valence-electron chi connectivity index (χ4n) is 2.84. The number of carbonyl (C=O) groups is 1. The van der Waals surface area contributed by atoms with Gasteiger partial charge in [0.2, 0.25) is 0 Å². The Morgan fingerprint density at radius 2 is 1.76 bits per heavy atom. The van der Waals surface area contributed by atoms with Crippen LogP contribution in [0.25, 0.3) is 10.9 Å². The van der Waals surface area contributed by atoms with E-state index in [2.05, 4.69) is 23.2 Å². The molecule has 1 aromatic heterocycles. The van der Waals surface area contributed by atoms with E-state index in [1.165, 1.54) is 0 Å². The van der Waals surface area contributed by atoms with Crippen molar-refractivity contribution >= 4 is 16.9 Å². The molecule has 1 heterocycles. The van der Waals surface area contributed by atoms with Gasteiger partial charge in [0.1, 0.15) is 0 Å². The van der Waals surface area contributed by atoms with Gasteiger partial charge in [-0.1, -0.05) is 48.5 Å². The Hall–Kier alpha value is -2.55. The molecule has 3 heteroatoms. The van der Waals surface area contributed by atoms with Gasteiger partial charge >= 0.3 is 5.97 Å². The molecule has 1 unspecified atom stereocenters. The van der Waals surface area contributed by atoms with Crippen LogP contribution in [0.1, 0.15) is 29.9 Å². The van der Waals surface area contributed by atoms with Crippen LogP contribution in [0.5, 0.6) is 0 Å². The number of para-hydroxylation sites is 1. The fraction of sp³-hybridized carbons (Fsp3) is 0.167. The number of fused-ring (bicyclic) bond motifs is 1. The third-order valence-electron chi connectivity index (χ3n) is 3.85. The number of carboxylic acid groups (broad SMARTS) is 1. The van der Waals surface area contributed by atoms with Gasteiger partial charge in [-0.2, -0.15) is 0 Å². The van der Waals surface area contributed by atoms with Gasteiger partial charge in [0.05, 0.1) is 0 Å². The summed E-state index contributed by atoms with van der Waals surface area (Å²) in [5, 5.41) is 10.2. The van der Waals surface area contributed by atoms with Crippen LogP contribution in [-0.2, 0) is 4.79 Å². The number of aromatic nitrogens is 1. The third-order valence-corrected chi connectivity index (χ3v) is 3.85. The highest BCUT2D eigenvalue weighted by atomic mass is 16.4. The van der Waals surface area contributed by atoms with E-state index in [-0.39, 0.29) is 12.3 Å². The lowest BCUT2D eigenvalue weighted by molar-refractivity contribution is -0.137. The second-order valence-corrected chi connectivity index (χ2v) is 5.19. The van der Waals surface area contributed by atoms with Crippen LogP contribution >= 0.6 is 0 Å². The lowest BCUT2D eigenvalue weighted by atomic mass is 9.87. The van der Waals surface area contributed by atoms with Crippen molar-refractivity contribution in [2.75, 3.05) is 0 Å². The van der Waals surface area contributed by atoms with Crippen LogP contribution in [0.15, 0.2) is 60.8 Å². The lowest BCUT2D eigenvalue weighted by Crippen LogP contribution is -2.04. The highest BCUT2D eigenvalue weighted by Crippen LogP contribution is 2.34. The van der Waals surface area contributed by atoms with E-state index in [0.717, 1.165) is 22.0 Å². The Bertz CT molecular complexity index is 746. The summed E-state index contributed by atoms with van der Waals surface area (Å²) in [4.78, 5) is 14.2. The predicted molar refractivity (Wildman–Crippen MR) is 83.5 cm³/mol. The molecule has 0 saturated heterocycles. The zero-order valence-electron chi connectivity index (χ0n) is 11.6. The molecule has 21 heavy (non-hydrogen) atoms. The van der Waals surface area contributed by atoms with Gasteiger partial charge in [0.25, 0.3) is 0 Å². The molecule has 3 nitrogen and oxygen atoms in total. The van der Waals surface area contributed by atoms with Gasteiger partial charge in [-0.05, 0) is 23.6 Å². The second kappa shape index (κ2) is 5.83. The molecule has 106 valence electrons. The average molecular weight is 279 g/mol. The summed E-state index contributed by atoms with van der Waals surface area (Å²) in [5.41, 5.74) is 3.41. The first-order valence-electron chi connectivity index (χ1n) is 7.08. The Morgan fingerprint density at radius 3 is 2.52 bits per heavy atom. The summed E-state index contributed by atoms with van der Waals surface area (Å²) in [6.07, 6.45) is 2.77. The molecule has 3 rings (SSSR count). The minimum absolute atomic E-state index is 0.0958. The van der Waals surface area contributed by atoms with Crippen LogP contribution in [0.4, 0.5) is 0 Å². The van der Waals surface area contributed by atoms with Crippen LogP contribution in [0, 0.1) is 0 Å². The number of hydrogen-bond acceptors (Lipinski definition) is 1. The van der Waals surface area contributed by atoms with E-state index in [9.17, 15) is 4.79 Å². The quantitative estimate of drug-likeness (QED) is 0.736. The number of rotatable bonds is 5. The van der Waals surface area contributed by atoms with Crippen molar-refractivity contribution in [1.82, 2.24) is 4.98 Å². The number of aromatic amines is 1. The Kier molecular flexibility index (Phi) is 3.73. The van der Waals surface area contributed by atoms with Crippen molar-refractivity contribution in [3.05, 3.63) is 71.9 Å². The molecular formula is C18H17NO2. The van der Waals surface area contributed by atoms with E-state index in [1.807, 2.05) is 42.6 Å². The number of H-pyrrole nitrogens is 1. The largest absolute Gasteiger partial charge is 0.481 e. The van der Waals surface area contributed by atoms with E-state index < -0.39 is 5.97 Å². The Morgan fingerprint density at radius 1 is 1.05 bits per heavy atom. The van der Waals surface area contributed by atoms with Crippen LogP contribution in [0.3, 0.4) is 0 Å². The molecule has 0 amide bonds. The molecular weight excluding hydrogens is 262 g/mol. The van der Waals surface area contributed by atoms with E-state index in [1.54, 1.807) is 0 Å². The van der Waals surface area contributed by atoms with E-state index in [0.29, 0.717) is 6.42 Å². The molecule has 1 atom stereocenters. The molecule has 0 aliphatic rings. The number of benzene rings is 2. The summed E-state index contributed by atoms with van der Waals surface area (Å²) in [7, 11) is 0. The highest BCUT2D eigenvalue weighted by Gasteiger charge is 2.18. The van der Waals surface area contributed by atoms with Crippen molar-refractivity contribution < 1.29 is 9.90 Å². The van der Waals surface area contributed by atoms with Crippen molar-refractivity contribution in [3.8, 4) is 0 Å². The minimum atomic E-state index is -0.754. The van der Waals surface area contributed by atoms with Crippen LogP contribution in [0.2, 0.25) is 0 Å². The maximum Gasteiger partial charge on any atom is 0.303 e. The summed E-state index contributed by atoms with van der Waals surface area (Å²) in [6, 6.07) is 18.2. The maximum atomic E-state index is 11.0. The standard InChI is InChI=1S/C18H17NO2/c20-18(21)11-10-14(13-6-2-1-3-7-13)16-12-19-17-9-5-4-8-15(16)17/h1-9,12,14,19H,10-11H2,(H,20,21). The zero-order chi connectivity index (χ0) is 14.7. The van der Waals surface area contributed by atoms with Gasteiger partial charge in [0, 0.05) is 29.4 Å². The normalized spacial score (nSPS) is 12.4. The maximum absolute atomic E-state index is 11.0. The van der Waals surface area contributed by atoms with E-state index >= 15 is 0 Å². The molecule has 0 saturated carbocycles. The molecule has 0 bridgehead atoms. The van der Waals surface area contributed by atoms with Gasteiger partial charge in [-0.15, -0.1) is 0 Å². The summed E-state index contributed by atoms with van der Waals surface area (Å²) >= 11 is 0. The van der Waals surface area contributed by atoms with Crippen LogP contribution in [-0.4, -0.2) is 16.1 Å². The number of nitrogens with one attached hydrogen (secondary N) is 1. The highest BCUT2D eigenvalue weighted by molar-refractivity contribution is 5.84. The van der Waals surface area contributed by atoms with Crippen LogP contribution < -0.4 is 0 Å². The van der Waals surface area contributed by atoms with Crippen molar-refractivity contribution in [1.29, 1.82) is 0 Å². The van der Waals surface area contributed by atoms with Crippen molar-refractivity contribution in [2.24, 2.45) is 0 Å². The lowest BCUT2D eigenvalue weighted by Gasteiger charge is -2.16. The number of carboxylic acids is 1. The van der Waals surface area contributed by atoms with E-state index in [4.69, 9.17) is 5.11 Å². The molecule has 0 fully saturated rings. The first kappa shape index (κ1) is 13.4. The van der Waals surface area contributed by atoms with Crippen molar-refractivity contribution in [2.45, 2.75) is 18.8 Å². The first-order chi connectivity index (χ1) is 10.3. The average Bonchev–Trinajstić information content (AvgIpc) is 2.93. The number of aliphatic carboxylic acids is 1. The molecule has 0 aliphatic carbocycles. The molecule has 0 radical (unpaired) electrons. The fourth-order valence-corrected chi connectivity index (χ4v) is 2.84. The third kappa shape index (κ3) is 2.82. The first-order valence-corrected chi connectivity index (χ1v) is 7.08. The molecule has 2 N–H and O–H groups in total. The summed E-state index contributed by atoms with van der Waals surface area (Å²) < 4.78 is 0. The van der Waals surface area contributed by atoms with Gasteiger partial charge in [0.15, 0.2) is 0 Å². The zero-order valence-corrected chi connectivity index (χ0v) is 11.6. The van der Waals surface area contributed by atoms with Gasteiger partial charge in [-0.25, -0.2) is 0 Å². The molecule has 0 aliphatic heterocycles. The smallest absolute Gasteiger partial charge is 0.303 e. The summed E-state index contributed by atoms with van der Waals surface area (Å²) in [6.45, 7) is 0. The topological polar surface area (TPSA) is 53.1 Å². The molecule has 3 aromatic rings. The predicted octanol–water partition coefficient (Wildman–Crippen LogP) is 4.16. The second-order valence-electron chi connectivity index (χ2n) is 5.19. The Balaban J connectivity index is 2.04. The molecule has 2 aromatic carbocycles. The van der Waals surface area contributed by atoms with Gasteiger partial charge in [-0.3, -0.25) is 4.79 Å². The monoisotopic (exact) mass is 279 g/mol. The number of hydrogen-bond donors (Lipinski definition) is 2. The molecule has 0 spiro atoms. The summed E-state index contributed by atoms with van der Waals surface area (Å²) in [5.74, 6) is -0.658. The SMILES string of the molecule is O=C(O)CCC(c1ccccc1)c1c[nH]c2ccccc12.